The van der Waals surface area contributed by atoms with Crippen LogP contribution in [0.25, 0.3) is 0 Å². The van der Waals surface area contributed by atoms with Gasteiger partial charge in [-0.1, -0.05) is 44.2 Å². The van der Waals surface area contributed by atoms with Crippen LogP contribution in [-0.2, 0) is 17.8 Å². The number of amides is 1. The van der Waals surface area contributed by atoms with Crippen LogP contribution in [0.2, 0.25) is 0 Å². The second-order valence-electron chi connectivity index (χ2n) is 7.24. The Labute approximate surface area is 161 Å². The highest BCUT2D eigenvalue weighted by molar-refractivity contribution is 5.93. The summed E-state index contributed by atoms with van der Waals surface area (Å²) in [5, 5.41) is 0. The van der Waals surface area contributed by atoms with Gasteiger partial charge in [0.15, 0.2) is 0 Å². The minimum Gasteiger partial charge on any atom is -0.309 e. The number of benzene rings is 2. The van der Waals surface area contributed by atoms with E-state index in [1.807, 2.05) is 24.0 Å². The highest BCUT2D eigenvalue weighted by Gasteiger charge is 2.28. The van der Waals surface area contributed by atoms with Crippen molar-refractivity contribution in [1.82, 2.24) is 4.90 Å². The Morgan fingerprint density at radius 2 is 1.74 bits per heavy atom. The van der Waals surface area contributed by atoms with E-state index in [1.165, 1.54) is 11.6 Å². The lowest BCUT2D eigenvalue weighted by atomic mass is 10.0. The molecular formula is C23H29FN2O. The third-order valence-corrected chi connectivity index (χ3v) is 5.47. The monoisotopic (exact) mass is 368 g/mol. The summed E-state index contributed by atoms with van der Waals surface area (Å²) in [6, 6.07) is 15.5. The Morgan fingerprint density at radius 1 is 1.07 bits per heavy atom. The predicted octanol–water partition coefficient (Wildman–Crippen LogP) is 4.80. The van der Waals surface area contributed by atoms with Gasteiger partial charge in [0.2, 0.25) is 5.91 Å². The summed E-state index contributed by atoms with van der Waals surface area (Å²) in [6.07, 6.45) is 3.33. The number of carbonyl (C=O) groups is 1. The summed E-state index contributed by atoms with van der Waals surface area (Å²) < 4.78 is 13.9. The summed E-state index contributed by atoms with van der Waals surface area (Å²) >= 11 is 0. The first kappa shape index (κ1) is 19.6. The van der Waals surface area contributed by atoms with E-state index in [2.05, 4.69) is 36.1 Å². The maximum atomic E-state index is 13.9. The predicted molar refractivity (Wildman–Crippen MR) is 108 cm³/mol. The summed E-state index contributed by atoms with van der Waals surface area (Å²) in [5.41, 5.74) is 3.02. The van der Waals surface area contributed by atoms with Gasteiger partial charge in [-0.15, -0.1) is 0 Å². The molecule has 2 aromatic carbocycles. The van der Waals surface area contributed by atoms with Crippen LogP contribution in [0.15, 0.2) is 48.5 Å². The number of anilines is 1. The van der Waals surface area contributed by atoms with Crippen LogP contribution in [0, 0.1) is 5.82 Å². The quantitative estimate of drug-likeness (QED) is 0.731. The van der Waals surface area contributed by atoms with E-state index in [0.717, 1.165) is 43.6 Å². The van der Waals surface area contributed by atoms with Crippen LogP contribution in [0.3, 0.4) is 0 Å². The molecule has 1 saturated heterocycles. The molecule has 1 fully saturated rings. The third kappa shape index (κ3) is 4.75. The first-order valence-electron chi connectivity index (χ1n) is 9.99. The molecule has 1 heterocycles. The Bertz CT molecular complexity index is 751. The van der Waals surface area contributed by atoms with Gasteiger partial charge in [-0.05, 0) is 43.0 Å². The Morgan fingerprint density at radius 3 is 2.33 bits per heavy atom. The molecule has 1 amide bonds. The molecule has 0 aromatic heterocycles. The molecule has 144 valence electrons. The molecule has 3 nitrogen and oxygen atoms in total. The first-order chi connectivity index (χ1) is 13.1. The SMILES string of the molecule is CCC(=O)N(c1ccc(CC)cc1)C1CCN(Cc2ccccc2F)CC1. The normalized spacial score (nSPS) is 15.7. The van der Waals surface area contributed by atoms with E-state index in [9.17, 15) is 9.18 Å². The van der Waals surface area contributed by atoms with Crippen LogP contribution in [0.4, 0.5) is 10.1 Å². The Kier molecular flexibility index (Phi) is 6.62. The van der Waals surface area contributed by atoms with Crippen molar-refractivity contribution >= 4 is 11.6 Å². The maximum absolute atomic E-state index is 13.9. The zero-order valence-electron chi connectivity index (χ0n) is 16.3. The molecule has 0 atom stereocenters. The van der Waals surface area contributed by atoms with E-state index >= 15 is 0 Å². The highest BCUT2D eigenvalue weighted by atomic mass is 19.1. The number of likely N-dealkylation sites (tertiary alicyclic amines) is 1. The van der Waals surface area contributed by atoms with Gasteiger partial charge in [-0.25, -0.2) is 4.39 Å². The van der Waals surface area contributed by atoms with Gasteiger partial charge in [-0.2, -0.15) is 0 Å². The molecule has 4 heteroatoms. The zero-order chi connectivity index (χ0) is 19.2. The average molecular weight is 368 g/mol. The number of piperidine rings is 1. The first-order valence-corrected chi connectivity index (χ1v) is 9.99. The van der Waals surface area contributed by atoms with Gasteiger partial charge in [0.1, 0.15) is 5.82 Å². The number of hydrogen-bond acceptors (Lipinski definition) is 2. The summed E-state index contributed by atoms with van der Waals surface area (Å²) in [7, 11) is 0. The molecule has 27 heavy (non-hydrogen) atoms. The van der Waals surface area contributed by atoms with Gasteiger partial charge in [-0.3, -0.25) is 9.69 Å². The fourth-order valence-corrected chi connectivity index (χ4v) is 3.82. The van der Waals surface area contributed by atoms with Gasteiger partial charge < -0.3 is 4.90 Å². The molecule has 0 aliphatic carbocycles. The minimum absolute atomic E-state index is 0.140. The van der Waals surface area contributed by atoms with Crippen molar-refractivity contribution in [2.45, 2.75) is 52.1 Å². The molecule has 0 bridgehead atoms. The second kappa shape index (κ2) is 9.14. The highest BCUT2D eigenvalue weighted by Crippen LogP contribution is 2.26. The number of rotatable bonds is 6. The molecule has 3 rings (SSSR count). The molecule has 1 aliphatic heterocycles. The molecule has 2 aromatic rings. The molecule has 0 unspecified atom stereocenters. The van der Waals surface area contributed by atoms with Crippen molar-refractivity contribution in [2.75, 3.05) is 18.0 Å². The van der Waals surface area contributed by atoms with E-state index in [-0.39, 0.29) is 17.8 Å². The lowest BCUT2D eigenvalue weighted by Gasteiger charge is -2.38. The van der Waals surface area contributed by atoms with Crippen LogP contribution in [0.5, 0.6) is 0 Å². The summed E-state index contributed by atoms with van der Waals surface area (Å²) in [5.74, 6) is 0.0326. The van der Waals surface area contributed by atoms with Crippen molar-refractivity contribution in [3.63, 3.8) is 0 Å². The zero-order valence-corrected chi connectivity index (χ0v) is 16.3. The minimum atomic E-state index is -0.140. The average Bonchev–Trinajstić information content (AvgIpc) is 2.71. The maximum Gasteiger partial charge on any atom is 0.226 e. The van der Waals surface area contributed by atoms with E-state index in [4.69, 9.17) is 0 Å². The van der Waals surface area contributed by atoms with Gasteiger partial charge >= 0.3 is 0 Å². The van der Waals surface area contributed by atoms with Crippen molar-refractivity contribution in [1.29, 1.82) is 0 Å². The van der Waals surface area contributed by atoms with E-state index < -0.39 is 0 Å². The molecule has 0 radical (unpaired) electrons. The Balaban J connectivity index is 1.67. The van der Waals surface area contributed by atoms with Crippen LogP contribution >= 0.6 is 0 Å². The number of hydrogen-bond donors (Lipinski definition) is 0. The van der Waals surface area contributed by atoms with E-state index in [0.29, 0.717) is 13.0 Å². The van der Waals surface area contributed by atoms with Gasteiger partial charge in [0.25, 0.3) is 0 Å². The third-order valence-electron chi connectivity index (χ3n) is 5.47. The van der Waals surface area contributed by atoms with Gasteiger partial charge in [0.05, 0.1) is 0 Å². The molecule has 0 saturated carbocycles. The largest absolute Gasteiger partial charge is 0.309 e. The van der Waals surface area contributed by atoms with Crippen LogP contribution in [-0.4, -0.2) is 29.9 Å². The van der Waals surface area contributed by atoms with Crippen molar-refractivity contribution in [2.24, 2.45) is 0 Å². The molecule has 0 spiro atoms. The molecule has 0 N–H and O–H groups in total. The summed E-state index contributed by atoms with van der Waals surface area (Å²) in [6.45, 7) is 6.43. The fraction of sp³-hybridized carbons (Fsp3) is 0.435. The van der Waals surface area contributed by atoms with Crippen molar-refractivity contribution in [3.05, 3.63) is 65.5 Å². The lowest BCUT2D eigenvalue weighted by Crippen LogP contribution is -2.47. The number of aryl methyl sites for hydroxylation is 1. The topological polar surface area (TPSA) is 23.6 Å². The molecule has 1 aliphatic rings. The van der Waals surface area contributed by atoms with Gasteiger partial charge in [0, 0.05) is 43.3 Å². The van der Waals surface area contributed by atoms with Crippen molar-refractivity contribution < 1.29 is 9.18 Å². The Hall–Kier alpha value is -2.20. The number of halogens is 1. The number of nitrogens with zero attached hydrogens (tertiary/aromatic N) is 2. The lowest BCUT2D eigenvalue weighted by molar-refractivity contribution is -0.119. The number of carbonyl (C=O) groups excluding carboxylic acids is 1. The molecular weight excluding hydrogens is 339 g/mol. The standard InChI is InChI=1S/C23H29FN2O/c1-3-18-9-11-20(12-10-18)26(23(27)4-2)21-13-15-25(16-14-21)17-19-7-5-6-8-22(19)24/h5-12,21H,3-4,13-17H2,1-2H3. The fourth-order valence-electron chi connectivity index (χ4n) is 3.82. The smallest absolute Gasteiger partial charge is 0.226 e. The van der Waals surface area contributed by atoms with Crippen LogP contribution in [0.1, 0.15) is 44.2 Å². The van der Waals surface area contributed by atoms with Crippen LogP contribution < -0.4 is 4.90 Å². The van der Waals surface area contributed by atoms with E-state index in [1.54, 1.807) is 6.07 Å². The second-order valence-corrected chi connectivity index (χ2v) is 7.24. The van der Waals surface area contributed by atoms with Crippen molar-refractivity contribution in [3.8, 4) is 0 Å². The summed E-state index contributed by atoms with van der Waals surface area (Å²) in [4.78, 5) is 16.9.